The molecule has 7 heteroatoms. The first-order valence-corrected chi connectivity index (χ1v) is 9.83. The Morgan fingerprint density at radius 1 is 1.24 bits per heavy atom. The average Bonchev–Trinajstić information content (AvgIpc) is 3.20. The van der Waals surface area contributed by atoms with Crippen LogP contribution in [-0.4, -0.2) is 17.6 Å². The molecule has 3 aromatic rings. The van der Waals surface area contributed by atoms with E-state index in [4.69, 9.17) is 9.15 Å². The number of nitriles is 1. The molecule has 29 heavy (non-hydrogen) atoms. The van der Waals surface area contributed by atoms with Crippen LogP contribution in [-0.2, 0) is 22.4 Å². The molecule has 0 amide bonds. The Morgan fingerprint density at radius 3 is 2.72 bits per heavy atom. The number of carbonyl (C=O) groups is 1. The number of rotatable bonds is 8. The van der Waals surface area contributed by atoms with E-state index in [1.165, 1.54) is 12.1 Å². The van der Waals surface area contributed by atoms with Crippen molar-refractivity contribution in [1.29, 1.82) is 5.26 Å². The summed E-state index contributed by atoms with van der Waals surface area (Å²) in [6.45, 7) is -0.0134. The van der Waals surface area contributed by atoms with Crippen molar-refractivity contribution in [2.75, 3.05) is 6.61 Å². The molecule has 148 valence electrons. The van der Waals surface area contributed by atoms with Crippen molar-refractivity contribution in [2.24, 2.45) is 5.92 Å². The number of aromatic nitrogens is 1. The summed E-state index contributed by atoms with van der Waals surface area (Å²) in [7, 11) is 0. The number of hydrogen-bond donors (Lipinski definition) is 0. The van der Waals surface area contributed by atoms with Crippen LogP contribution < -0.4 is 0 Å². The minimum atomic E-state index is -0.492. The molecule has 0 saturated carbocycles. The summed E-state index contributed by atoms with van der Waals surface area (Å²) in [5.41, 5.74) is 1.69. The van der Waals surface area contributed by atoms with Gasteiger partial charge in [0.2, 0.25) is 0 Å². The number of halogens is 2. The van der Waals surface area contributed by atoms with Crippen LogP contribution in [0.5, 0.6) is 0 Å². The number of oxazole rings is 1. The zero-order valence-electron chi connectivity index (χ0n) is 15.5. The van der Waals surface area contributed by atoms with E-state index in [0.717, 1.165) is 15.6 Å². The van der Waals surface area contributed by atoms with E-state index >= 15 is 0 Å². The van der Waals surface area contributed by atoms with Crippen molar-refractivity contribution in [1.82, 2.24) is 4.98 Å². The molecule has 0 spiro atoms. The molecule has 2 aromatic carbocycles. The summed E-state index contributed by atoms with van der Waals surface area (Å²) in [4.78, 5) is 16.2. The molecule has 5 nitrogen and oxygen atoms in total. The van der Waals surface area contributed by atoms with Crippen LogP contribution in [0.4, 0.5) is 4.39 Å². The number of benzene rings is 2. The van der Waals surface area contributed by atoms with E-state index in [0.29, 0.717) is 24.5 Å². The molecule has 0 saturated heterocycles. The van der Waals surface area contributed by atoms with Gasteiger partial charge in [-0.25, -0.2) is 9.37 Å². The normalized spacial score (nSPS) is 11.6. The van der Waals surface area contributed by atoms with Gasteiger partial charge in [-0.3, -0.25) is 4.79 Å². The molecule has 1 atom stereocenters. The van der Waals surface area contributed by atoms with Crippen LogP contribution in [0.1, 0.15) is 17.9 Å². The van der Waals surface area contributed by atoms with Gasteiger partial charge < -0.3 is 9.15 Å². The van der Waals surface area contributed by atoms with Crippen LogP contribution in [0.2, 0.25) is 0 Å². The van der Waals surface area contributed by atoms with E-state index in [-0.39, 0.29) is 18.8 Å². The molecule has 0 aliphatic heterocycles. The van der Waals surface area contributed by atoms with Crippen molar-refractivity contribution < 1.29 is 18.3 Å². The topological polar surface area (TPSA) is 76.1 Å². The summed E-state index contributed by atoms with van der Waals surface area (Å²) in [5.74, 6) is -0.193. The molecular formula is C22H18BrFN2O3. The maximum Gasteiger partial charge on any atom is 0.306 e. The standard InChI is InChI=1S/C22H18BrFN2O3/c23-19-4-2-1-3-18(19)20-13-26-21(29-20)9-10-22(27)28-14-16(12-25)11-15-5-7-17(24)8-6-15/h1-8,13,16H,9-11,14H2/t16-/m1/s1. The highest BCUT2D eigenvalue weighted by Gasteiger charge is 2.14. The van der Waals surface area contributed by atoms with E-state index in [9.17, 15) is 14.4 Å². The fraction of sp³-hybridized carbons (Fsp3) is 0.227. The number of hydrogen-bond acceptors (Lipinski definition) is 5. The molecule has 0 fully saturated rings. The maximum atomic E-state index is 13.0. The Hall–Kier alpha value is -2.98. The van der Waals surface area contributed by atoms with Crippen molar-refractivity contribution in [3.63, 3.8) is 0 Å². The Bertz CT molecular complexity index is 1010. The Labute approximate surface area is 176 Å². The molecule has 1 aromatic heterocycles. The Morgan fingerprint density at radius 2 is 2.00 bits per heavy atom. The zero-order chi connectivity index (χ0) is 20.6. The van der Waals surface area contributed by atoms with Crippen LogP contribution in [0.15, 0.2) is 63.6 Å². The van der Waals surface area contributed by atoms with Crippen molar-refractivity contribution in [3.8, 4) is 17.4 Å². The molecule has 1 heterocycles. The van der Waals surface area contributed by atoms with Gasteiger partial charge in [0.15, 0.2) is 11.7 Å². The molecule has 3 rings (SSSR count). The third-order valence-corrected chi connectivity index (χ3v) is 4.95. The maximum absolute atomic E-state index is 13.0. The second-order valence-electron chi connectivity index (χ2n) is 6.44. The first-order valence-electron chi connectivity index (χ1n) is 9.04. The molecule has 0 unspecified atom stereocenters. The number of ether oxygens (including phenoxy) is 1. The summed E-state index contributed by atoms with van der Waals surface area (Å²) in [6.07, 6.45) is 2.41. The first kappa shape index (κ1) is 20.7. The third kappa shape index (κ3) is 6.00. The van der Waals surface area contributed by atoms with Gasteiger partial charge in [0, 0.05) is 16.5 Å². The monoisotopic (exact) mass is 456 g/mol. The highest BCUT2D eigenvalue weighted by atomic mass is 79.9. The largest absolute Gasteiger partial charge is 0.464 e. The Kier molecular flexibility index (Phi) is 7.14. The van der Waals surface area contributed by atoms with E-state index in [1.807, 2.05) is 24.3 Å². The van der Waals surface area contributed by atoms with Gasteiger partial charge in [-0.1, -0.05) is 46.3 Å². The summed E-state index contributed by atoms with van der Waals surface area (Å²) < 4.78 is 24.8. The zero-order valence-corrected chi connectivity index (χ0v) is 17.1. The lowest BCUT2D eigenvalue weighted by Gasteiger charge is -2.10. The van der Waals surface area contributed by atoms with E-state index < -0.39 is 11.9 Å². The number of carbonyl (C=O) groups excluding carboxylic acids is 1. The number of esters is 1. The molecule has 0 aliphatic rings. The van der Waals surface area contributed by atoms with Gasteiger partial charge in [-0.05, 0) is 30.2 Å². The molecule has 0 aliphatic carbocycles. The third-order valence-electron chi connectivity index (χ3n) is 4.26. The molecule has 0 bridgehead atoms. The van der Waals surface area contributed by atoms with Crippen molar-refractivity contribution >= 4 is 21.9 Å². The Balaban J connectivity index is 1.47. The summed E-state index contributed by atoms with van der Waals surface area (Å²) >= 11 is 3.47. The fourth-order valence-electron chi connectivity index (χ4n) is 2.73. The lowest BCUT2D eigenvalue weighted by Crippen LogP contribution is -2.15. The average molecular weight is 457 g/mol. The van der Waals surface area contributed by atoms with Gasteiger partial charge in [0.1, 0.15) is 12.4 Å². The van der Waals surface area contributed by atoms with Crippen LogP contribution in [0.25, 0.3) is 11.3 Å². The molecule has 0 radical (unpaired) electrons. The first-order chi connectivity index (χ1) is 14.0. The number of aryl methyl sites for hydroxylation is 1. The van der Waals surface area contributed by atoms with Gasteiger partial charge >= 0.3 is 5.97 Å². The predicted octanol–water partition coefficient (Wildman–Crippen LogP) is 5.10. The van der Waals surface area contributed by atoms with Crippen LogP contribution >= 0.6 is 15.9 Å². The fourth-order valence-corrected chi connectivity index (χ4v) is 3.21. The lowest BCUT2D eigenvalue weighted by atomic mass is 10.0. The highest BCUT2D eigenvalue weighted by Crippen LogP contribution is 2.28. The summed E-state index contributed by atoms with van der Waals surface area (Å²) in [6, 6.07) is 15.7. The lowest BCUT2D eigenvalue weighted by molar-refractivity contribution is -0.144. The summed E-state index contributed by atoms with van der Waals surface area (Å²) in [5, 5.41) is 9.25. The van der Waals surface area contributed by atoms with Gasteiger partial charge in [-0.15, -0.1) is 0 Å². The SMILES string of the molecule is N#C[C@H](COC(=O)CCc1ncc(-c2ccccc2Br)o1)Cc1ccc(F)cc1. The minimum Gasteiger partial charge on any atom is -0.464 e. The second-order valence-corrected chi connectivity index (χ2v) is 7.29. The number of nitrogens with zero attached hydrogens (tertiary/aromatic N) is 2. The molecule has 0 N–H and O–H groups in total. The van der Waals surface area contributed by atoms with Crippen LogP contribution in [0.3, 0.4) is 0 Å². The smallest absolute Gasteiger partial charge is 0.306 e. The van der Waals surface area contributed by atoms with Gasteiger partial charge in [0.05, 0.1) is 24.6 Å². The van der Waals surface area contributed by atoms with Gasteiger partial charge in [-0.2, -0.15) is 5.26 Å². The van der Waals surface area contributed by atoms with Gasteiger partial charge in [0.25, 0.3) is 0 Å². The van der Waals surface area contributed by atoms with E-state index in [2.05, 4.69) is 27.0 Å². The predicted molar refractivity (Wildman–Crippen MR) is 108 cm³/mol. The van der Waals surface area contributed by atoms with Crippen molar-refractivity contribution in [3.05, 3.63) is 76.5 Å². The highest BCUT2D eigenvalue weighted by molar-refractivity contribution is 9.10. The molecular weight excluding hydrogens is 439 g/mol. The van der Waals surface area contributed by atoms with Crippen molar-refractivity contribution in [2.45, 2.75) is 19.3 Å². The second kappa shape index (κ2) is 9.99. The van der Waals surface area contributed by atoms with E-state index in [1.54, 1.807) is 18.3 Å². The minimum absolute atomic E-state index is 0.0134. The quantitative estimate of drug-likeness (QED) is 0.440. The van der Waals surface area contributed by atoms with Crippen LogP contribution in [0, 0.1) is 23.1 Å².